The van der Waals surface area contributed by atoms with Crippen LogP contribution in [-0.4, -0.2) is 24.4 Å². The van der Waals surface area contributed by atoms with Crippen LogP contribution in [-0.2, 0) is 6.61 Å². The Morgan fingerprint density at radius 3 is 2.31 bits per heavy atom. The van der Waals surface area contributed by atoms with Gasteiger partial charge in [-0.15, -0.1) is 0 Å². The zero-order chi connectivity index (χ0) is 17.6. The van der Waals surface area contributed by atoms with Gasteiger partial charge in [-0.3, -0.25) is 4.79 Å². The maximum absolute atomic E-state index is 12.5. The number of halogens is 1. The predicted octanol–water partition coefficient (Wildman–Crippen LogP) is 4.99. The van der Waals surface area contributed by atoms with Crippen molar-refractivity contribution in [2.75, 3.05) is 0 Å². The molecule has 0 heterocycles. The fraction of sp³-hybridized carbons (Fsp3) is 0.0952. The van der Waals surface area contributed by atoms with Crippen LogP contribution >= 0.6 is 20.2 Å². The van der Waals surface area contributed by atoms with E-state index in [1.807, 2.05) is 73.7 Å². The summed E-state index contributed by atoms with van der Waals surface area (Å²) >= 11 is 6.18. The first-order valence-electron chi connectivity index (χ1n) is 7.97. The first kappa shape index (κ1) is 20.8. The summed E-state index contributed by atoms with van der Waals surface area (Å²) in [6.45, 7) is 2.43. The first-order chi connectivity index (χ1) is 12.1. The molecule has 26 heavy (non-hydrogen) atoms. The van der Waals surface area contributed by atoms with E-state index in [1.165, 1.54) is 0 Å². The van der Waals surface area contributed by atoms with Crippen LogP contribution in [0.15, 0.2) is 72.8 Å². The standard InChI is InChI=1S/C21H18ClO2P.Li/c1-15-6-5-9-19(22)20(15)21(23)25-18-12-10-17(11-13-18)24-14-16-7-3-2-4-8-16;/h2-13,25H,14H2,1H3;. The number of hydrogen-bond donors (Lipinski definition) is 0. The smallest absolute Gasteiger partial charge is 0.187 e. The SMILES string of the molecule is Cc1cccc(Cl)c1C(=O)Pc1ccc(OCc2ccccc2)cc1.[Li]. The Labute approximate surface area is 172 Å². The molecule has 1 atom stereocenters. The van der Waals surface area contributed by atoms with Gasteiger partial charge in [0.15, 0.2) is 5.52 Å². The van der Waals surface area contributed by atoms with Crippen molar-refractivity contribution in [3.05, 3.63) is 94.5 Å². The predicted molar refractivity (Wildman–Crippen MR) is 111 cm³/mol. The molecule has 0 saturated heterocycles. The minimum atomic E-state index is 0. The molecule has 0 aliphatic carbocycles. The van der Waals surface area contributed by atoms with Crippen molar-refractivity contribution in [1.29, 1.82) is 0 Å². The minimum Gasteiger partial charge on any atom is -0.489 e. The number of rotatable bonds is 6. The molecule has 5 heteroatoms. The molecule has 0 fully saturated rings. The molecule has 0 saturated carbocycles. The number of carbonyl (C=O) groups is 1. The second-order valence-electron chi connectivity index (χ2n) is 5.68. The van der Waals surface area contributed by atoms with E-state index in [4.69, 9.17) is 16.3 Å². The van der Waals surface area contributed by atoms with Crippen LogP contribution in [0.3, 0.4) is 0 Å². The van der Waals surface area contributed by atoms with Crippen LogP contribution in [0.25, 0.3) is 0 Å². The average Bonchev–Trinajstić information content (AvgIpc) is 2.62. The third kappa shape index (κ3) is 5.47. The summed E-state index contributed by atoms with van der Waals surface area (Å²) in [5.41, 5.74) is 2.71. The minimum absolute atomic E-state index is 0. The van der Waals surface area contributed by atoms with Crippen LogP contribution in [0.4, 0.5) is 0 Å². The Hall–Kier alpha value is -1.55. The van der Waals surface area contributed by atoms with Crippen molar-refractivity contribution in [3.63, 3.8) is 0 Å². The van der Waals surface area contributed by atoms with E-state index in [1.54, 1.807) is 6.07 Å². The van der Waals surface area contributed by atoms with E-state index < -0.39 is 0 Å². The topological polar surface area (TPSA) is 26.3 Å². The first-order valence-corrected chi connectivity index (χ1v) is 9.34. The van der Waals surface area contributed by atoms with Crippen molar-refractivity contribution in [2.24, 2.45) is 0 Å². The van der Waals surface area contributed by atoms with Crippen LogP contribution < -0.4 is 10.0 Å². The van der Waals surface area contributed by atoms with Crippen molar-refractivity contribution in [3.8, 4) is 5.75 Å². The molecule has 3 aromatic rings. The summed E-state index contributed by atoms with van der Waals surface area (Å²) in [6.07, 6.45) is 0. The molecule has 3 aromatic carbocycles. The fourth-order valence-corrected chi connectivity index (χ4v) is 3.93. The van der Waals surface area contributed by atoms with E-state index in [-0.39, 0.29) is 33.0 Å². The van der Waals surface area contributed by atoms with E-state index in [9.17, 15) is 4.79 Å². The summed E-state index contributed by atoms with van der Waals surface area (Å²) in [7, 11) is 0.0408. The summed E-state index contributed by atoms with van der Waals surface area (Å²) in [5.74, 6) is 0.791. The molecule has 2 nitrogen and oxygen atoms in total. The summed E-state index contributed by atoms with van der Waals surface area (Å²) in [4.78, 5) is 12.5. The summed E-state index contributed by atoms with van der Waals surface area (Å²) in [5, 5.41) is 1.48. The molecule has 0 spiro atoms. The van der Waals surface area contributed by atoms with Crippen molar-refractivity contribution >= 4 is 49.9 Å². The summed E-state index contributed by atoms with van der Waals surface area (Å²) in [6, 6.07) is 23.2. The van der Waals surface area contributed by atoms with Gasteiger partial charge in [0.25, 0.3) is 0 Å². The Morgan fingerprint density at radius 2 is 1.65 bits per heavy atom. The largest absolute Gasteiger partial charge is 0.489 e. The number of carbonyl (C=O) groups excluding carboxylic acids is 1. The van der Waals surface area contributed by atoms with Gasteiger partial charge in [-0.2, -0.15) is 0 Å². The second kappa shape index (κ2) is 9.96. The molecule has 0 aromatic heterocycles. The van der Waals surface area contributed by atoms with E-state index in [0.717, 1.165) is 22.2 Å². The third-order valence-corrected chi connectivity index (χ3v) is 5.22. The van der Waals surface area contributed by atoms with Gasteiger partial charge in [-0.05, 0) is 50.1 Å². The molecule has 0 aliphatic rings. The van der Waals surface area contributed by atoms with Crippen LogP contribution in [0.5, 0.6) is 5.75 Å². The average molecular weight is 376 g/mol. The van der Waals surface area contributed by atoms with Gasteiger partial charge in [-0.25, -0.2) is 0 Å². The maximum atomic E-state index is 12.5. The Balaban J connectivity index is 0.00000243. The van der Waals surface area contributed by atoms with Gasteiger partial charge in [0.05, 0.1) is 5.02 Å². The van der Waals surface area contributed by atoms with Gasteiger partial charge in [0.1, 0.15) is 12.4 Å². The number of aryl methyl sites for hydroxylation is 1. The second-order valence-corrected chi connectivity index (χ2v) is 7.37. The van der Waals surface area contributed by atoms with Gasteiger partial charge in [0, 0.05) is 24.4 Å². The van der Waals surface area contributed by atoms with Crippen molar-refractivity contribution in [2.45, 2.75) is 13.5 Å². The normalized spacial score (nSPS) is 10.5. The van der Waals surface area contributed by atoms with Gasteiger partial charge in [-0.1, -0.05) is 66.2 Å². The molecular weight excluding hydrogens is 358 g/mol. The number of hydrogen-bond acceptors (Lipinski definition) is 2. The molecular formula is C21H18ClLiO2P. The van der Waals surface area contributed by atoms with Gasteiger partial charge < -0.3 is 4.74 Å². The zero-order valence-corrected chi connectivity index (χ0v) is 16.6. The molecule has 1 radical (unpaired) electrons. The maximum Gasteiger partial charge on any atom is 0.187 e. The van der Waals surface area contributed by atoms with Crippen LogP contribution in [0.1, 0.15) is 21.5 Å². The quantitative estimate of drug-likeness (QED) is 0.448. The fourth-order valence-electron chi connectivity index (χ4n) is 2.49. The Bertz CT molecular complexity index is 847. The Morgan fingerprint density at radius 1 is 0.962 bits per heavy atom. The summed E-state index contributed by atoms with van der Waals surface area (Å²) < 4.78 is 5.77. The third-order valence-electron chi connectivity index (χ3n) is 3.81. The van der Waals surface area contributed by atoms with Crippen molar-refractivity contribution in [1.82, 2.24) is 0 Å². The van der Waals surface area contributed by atoms with Gasteiger partial charge in [0.2, 0.25) is 0 Å². The molecule has 0 bridgehead atoms. The number of ether oxygens (including phenoxy) is 1. The van der Waals surface area contributed by atoms with Gasteiger partial charge >= 0.3 is 0 Å². The van der Waals surface area contributed by atoms with Crippen LogP contribution in [0.2, 0.25) is 5.02 Å². The molecule has 127 valence electrons. The zero-order valence-electron chi connectivity index (χ0n) is 14.8. The van der Waals surface area contributed by atoms with E-state index in [0.29, 0.717) is 17.2 Å². The van der Waals surface area contributed by atoms with Crippen molar-refractivity contribution < 1.29 is 9.53 Å². The Kier molecular flexibility index (Phi) is 7.95. The monoisotopic (exact) mass is 375 g/mol. The molecule has 0 aliphatic heterocycles. The van der Waals surface area contributed by atoms with E-state index >= 15 is 0 Å². The number of benzene rings is 3. The van der Waals surface area contributed by atoms with E-state index in [2.05, 4.69) is 0 Å². The molecule has 1 unspecified atom stereocenters. The molecule has 0 amide bonds. The molecule has 0 N–H and O–H groups in total. The van der Waals surface area contributed by atoms with Crippen LogP contribution in [0, 0.1) is 6.92 Å². The molecule has 3 rings (SSSR count).